The Hall–Kier alpha value is -1.79. The Balaban J connectivity index is 2.41. The van der Waals surface area contributed by atoms with Gasteiger partial charge in [-0.05, 0) is 24.8 Å². The SMILES string of the molecule is Cc1cc(=O)[nH]c(Sc2ccc([NH+]([O-])O)cc2[NH+]([O-])O)n1. The van der Waals surface area contributed by atoms with Gasteiger partial charge in [-0.25, -0.2) is 15.4 Å². The molecule has 0 bridgehead atoms. The summed E-state index contributed by atoms with van der Waals surface area (Å²) in [4.78, 5) is 18.2. The number of rotatable bonds is 4. The number of hydrogen-bond acceptors (Lipinski definition) is 7. The topological polar surface area (TPSA) is 141 Å². The normalized spacial score (nSPS) is 14.0. The smallest absolute Gasteiger partial charge is 0.251 e. The van der Waals surface area contributed by atoms with E-state index in [4.69, 9.17) is 10.4 Å². The Kier molecular flexibility index (Phi) is 4.69. The number of aromatic amines is 1. The number of H-pyrrole nitrogens is 1. The van der Waals surface area contributed by atoms with Crippen LogP contribution in [-0.2, 0) is 0 Å². The summed E-state index contributed by atoms with van der Waals surface area (Å²) in [5.74, 6) is 0. The molecule has 10 heteroatoms. The maximum Gasteiger partial charge on any atom is 0.251 e. The highest BCUT2D eigenvalue weighted by atomic mass is 32.2. The van der Waals surface area contributed by atoms with Crippen molar-refractivity contribution in [3.8, 4) is 0 Å². The van der Waals surface area contributed by atoms with E-state index in [-0.39, 0.29) is 22.1 Å². The van der Waals surface area contributed by atoms with Gasteiger partial charge in [0.15, 0.2) is 16.5 Å². The van der Waals surface area contributed by atoms with Gasteiger partial charge < -0.3 is 15.4 Å². The largest absolute Gasteiger partial charge is 0.595 e. The van der Waals surface area contributed by atoms with Crippen LogP contribution < -0.4 is 16.0 Å². The molecule has 9 nitrogen and oxygen atoms in total. The molecule has 2 aromatic rings. The molecule has 0 fully saturated rings. The Morgan fingerprint density at radius 2 is 1.95 bits per heavy atom. The summed E-state index contributed by atoms with van der Waals surface area (Å²) < 4.78 is 0. The van der Waals surface area contributed by atoms with Crippen molar-refractivity contribution in [1.29, 1.82) is 0 Å². The van der Waals surface area contributed by atoms with Crippen LogP contribution in [0.15, 0.2) is 39.1 Å². The van der Waals surface area contributed by atoms with Gasteiger partial charge in [0.2, 0.25) is 0 Å². The molecule has 1 heterocycles. The molecule has 0 saturated carbocycles. The average Bonchev–Trinajstić information content (AvgIpc) is 2.37. The number of aromatic nitrogens is 2. The number of hydrogen-bond donors (Lipinski definition) is 5. The quantitative estimate of drug-likeness (QED) is 0.361. The van der Waals surface area contributed by atoms with E-state index in [2.05, 4.69) is 9.97 Å². The minimum Gasteiger partial charge on any atom is -0.595 e. The van der Waals surface area contributed by atoms with Gasteiger partial charge in [-0.15, -0.1) is 0 Å². The van der Waals surface area contributed by atoms with Crippen LogP contribution in [0, 0.1) is 17.3 Å². The number of benzene rings is 1. The van der Waals surface area contributed by atoms with Gasteiger partial charge in [0.1, 0.15) is 0 Å². The standard InChI is InChI=1S/C11H12N4O5S/c1-6-4-10(16)13-11(12-6)21-9-3-2-7(14(17)18)5-8(9)15(19)20/h2-5,14-15,17,19H,1H3,(H,12,13,16). The number of aryl methyl sites for hydroxylation is 1. The van der Waals surface area contributed by atoms with Crippen LogP contribution in [0.25, 0.3) is 0 Å². The molecule has 0 aliphatic carbocycles. The fourth-order valence-corrected chi connectivity index (χ4v) is 2.57. The van der Waals surface area contributed by atoms with Crippen LogP contribution >= 0.6 is 11.8 Å². The zero-order valence-electron chi connectivity index (χ0n) is 10.8. The van der Waals surface area contributed by atoms with Crippen molar-refractivity contribution >= 4 is 23.1 Å². The van der Waals surface area contributed by atoms with Gasteiger partial charge >= 0.3 is 0 Å². The zero-order chi connectivity index (χ0) is 15.6. The third-order valence-electron chi connectivity index (χ3n) is 2.51. The fourth-order valence-electron chi connectivity index (χ4n) is 1.62. The minimum absolute atomic E-state index is 0.123. The first-order valence-electron chi connectivity index (χ1n) is 5.73. The van der Waals surface area contributed by atoms with Crippen molar-refractivity contribution < 1.29 is 20.9 Å². The van der Waals surface area contributed by atoms with E-state index in [1.54, 1.807) is 6.92 Å². The lowest BCUT2D eigenvalue weighted by Crippen LogP contribution is -3.00. The summed E-state index contributed by atoms with van der Waals surface area (Å²) in [5.41, 5.74) is -0.129. The number of nitrogens with zero attached hydrogens (tertiary/aromatic N) is 1. The summed E-state index contributed by atoms with van der Waals surface area (Å²) >= 11 is 0.951. The third kappa shape index (κ3) is 3.86. The molecule has 5 N–H and O–H groups in total. The van der Waals surface area contributed by atoms with Crippen LogP contribution in [0.1, 0.15) is 5.69 Å². The van der Waals surface area contributed by atoms with Crippen molar-refractivity contribution in [1.82, 2.24) is 9.97 Å². The summed E-state index contributed by atoms with van der Waals surface area (Å²) in [7, 11) is 0. The molecule has 112 valence electrons. The minimum atomic E-state index is -1.25. The molecular weight excluding hydrogens is 300 g/mol. The number of nitrogens with one attached hydrogen (secondary N) is 3. The number of quaternary nitrogens is 2. The summed E-state index contributed by atoms with van der Waals surface area (Å²) in [5, 5.41) is 37.9. The van der Waals surface area contributed by atoms with Gasteiger partial charge in [0, 0.05) is 17.8 Å². The molecule has 1 aromatic carbocycles. The van der Waals surface area contributed by atoms with Crippen molar-refractivity contribution in [2.75, 3.05) is 0 Å². The van der Waals surface area contributed by atoms with Gasteiger partial charge in [-0.2, -0.15) is 10.5 Å². The molecular formula is C11H12N4O5S. The summed E-state index contributed by atoms with van der Waals surface area (Å²) in [6.07, 6.45) is 0. The van der Waals surface area contributed by atoms with Crippen LogP contribution in [0.5, 0.6) is 0 Å². The summed E-state index contributed by atoms with van der Waals surface area (Å²) in [6.45, 7) is 1.64. The Bertz CT molecular complexity index is 703. The van der Waals surface area contributed by atoms with Gasteiger partial charge in [-0.1, -0.05) is 0 Å². The summed E-state index contributed by atoms with van der Waals surface area (Å²) in [6, 6.07) is 5.06. The predicted octanol–water partition coefficient (Wildman–Crippen LogP) is -0.964. The van der Waals surface area contributed by atoms with Crippen molar-refractivity contribution in [2.24, 2.45) is 0 Å². The van der Waals surface area contributed by atoms with E-state index in [0.29, 0.717) is 10.6 Å². The highest BCUT2D eigenvalue weighted by Crippen LogP contribution is 2.30. The molecule has 2 atom stereocenters. The maximum absolute atomic E-state index is 11.4. The third-order valence-corrected chi connectivity index (χ3v) is 3.47. The second-order valence-electron chi connectivity index (χ2n) is 4.12. The zero-order valence-corrected chi connectivity index (χ0v) is 11.6. The molecule has 0 amide bonds. The van der Waals surface area contributed by atoms with Gasteiger partial charge in [0.25, 0.3) is 5.56 Å². The molecule has 2 rings (SSSR count). The fraction of sp³-hybridized carbons (Fsp3) is 0.0909. The lowest BCUT2D eigenvalue weighted by molar-refractivity contribution is -0.997. The van der Waals surface area contributed by atoms with Crippen LogP contribution in [0.2, 0.25) is 0 Å². The first-order valence-corrected chi connectivity index (χ1v) is 6.55. The molecule has 0 saturated heterocycles. The second kappa shape index (κ2) is 6.32. The van der Waals surface area contributed by atoms with Crippen LogP contribution in [0.3, 0.4) is 0 Å². The lowest BCUT2D eigenvalue weighted by Gasteiger charge is -2.17. The highest BCUT2D eigenvalue weighted by molar-refractivity contribution is 7.99. The van der Waals surface area contributed by atoms with E-state index in [0.717, 1.165) is 17.8 Å². The van der Waals surface area contributed by atoms with Crippen molar-refractivity contribution in [3.63, 3.8) is 0 Å². The van der Waals surface area contributed by atoms with Crippen LogP contribution in [-0.4, -0.2) is 20.4 Å². The van der Waals surface area contributed by atoms with Gasteiger partial charge in [0.05, 0.1) is 11.0 Å². The Labute approximate surface area is 122 Å². The Morgan fingerprint density at radius 3 is 2.52 bits per heavy atom. The van der Waals surface area contributed by atoms with E-state index in [1.807, 2.05) is 0 Å². The first kappa shape index (κ1) is 15.6. The Morgan fingerprint density at radius 1 is 1.24 bits per heavy atom. The van der Waals surface area contributed by atoms with Gasteiger partial charge in [-0.3, -0.25) is 4.79 Å². The first-order chi connectivity index (χ1) is 9.86. The molecule has 0 spiro atoms. The lowest BCUT2D eigenvalue weighted by atomic mass is 10.3. The average molecular weight is 312 g/mol. The predicted molar refractivity (Wildman–Crippen MR) is 71.7 cm³/mol. The second-order valence-corrected chi connectivity index (χ2v) is 5.15. The van der Waals surface area contributed by atoms with Crippen LogP contribution in [0.4, 0.5) is 11.4 Å². The molecule has 0 radical (unpaired) electrons. The van der Waals surface area contributed by atoms with E-state index in [1.165, 1.54) is 18.2 Å². The molecule has 0 aliphatic rings. The van der Waals surface area contributed by atoms with E-state index in [9.17, 15) is 15.2 Å². The van der Waals surface area contributed by atoms with E-state index >= 15 is 0 Å². The van der Waals surface area contributed by atoms with Crippen molar-refractivity contribution in [2.45, 2.75) is 17.0 Å². The van der Waals surface area contributed by atoms with Crippen molar-refractivity contribution in [3.05, 3.63) is 50.7 Å². The highest BCUT2D eigenvalue weighted by Gasteiger charge is 2.15. The molecule has 21 heavy (non-hydrogen) atoms. The van der Waals surface area contributed by atoms with E-state index < -0.39 is 10.5 Å². The molecule has 2 unspecified atom stereocenters. The molecule has 0 aliphatic heterocycles. The molecule has 1 aromatic heterocycles. The monoisotopic (exact) mass is 312 g/mol. The maximum atomic E-state index is 11.4.